The Morgan fingerprint density at radius 3 is 2.13 bits per heavy atom. The van der Waals surface area contributed by atoms with E-state index in [1.54, 1.807) is 0 Å². The van der Waals surface area contributed by atoms with Crippen molar-refractivity contribution in [3.63, 3.8) is 0 Å². The van der Waals surface area contributed by atoms with Crippen molar-refractivity contribution in [1.29, 1.82) is 0 Å². The largest absolute Gasteiger partial charge is 0.491 e. The average Bonchev–Trinajstić information content (AvgIpc) is 2.25. The van der Waals surface area contributed by atoms with Crippen molar-refractivity contribution < 1.29 is 4.74 Å². The maximum atomic E-state index is 5.79. The van der Waals surface area contributed by atoms with Gasteiger partial charge in [0.2, 0.25) is 0 Å². The van der Waals surface area contributed by atoms with Crippen molar-refractivity contribution in [2.24, 2.45) is 5.73 Å². The minimum Gasteiger partial charge on any atom is -0.491 e. The fraction of sp³-hybridized carbons (Fsp3) is 0.538. The van der Waals surface area contributed by atoms with Crippen LogP contribution in [0.4, 0.5) is 0 Å². The molecule has 0 saturated carbocycles. The standard InChI is InChI=1S/C13H21NO/c1-4-11-7-6-8-12(5-2)13(11)15-9-10(3)14/h6-8,10H,4-5,9,14H2,1-3H3. The summed E-state index contributed by atoms with van der Waals surface area (Å²) in [6.45, 7) is 6.84. The van der Waals surface area contributed by atoms with Crippen molar-refractivity contribution in [1.82, 2.24) is 0 Å². The average molecular weight is 207 g/mol. The Labute approximate surface area is 92.4 Å². The molecular weight excluding hydrogens is 186 g/mol. The predicted molar refractivity (Wildman–Crippen MR) is 64.3 cm³/mol. The minimum absolute atomic E-state index is 0.0830. The first-order valence-corrected chi connectivity index (χ1v) is 5.68. The lowest BCUT2D eigenvalue weighted by atomic mass is 10.0. The quantitative estimate of drug-likeness (QED) is 0.805. The summed E-state index contributed by atoms with van der Waals surface area (Å²) in [6.07, 6.45) is 2.00. The monoisotopic (exact) mass is 207 g/mol. The highest BCUT2D eigenvalue weighted by atomic mass is 16.5. The van der Waals surface area contributed by atoms with E-state index in [2.05, 4.69) is 32.0 Å². The molecular formula is C13H21NO. The van der Waals surface area contributed by atoms with Crippen LogP contribution in [0.5, 0.6) is 5.75 Å². The molecule has 0 fully saturated rings. The molecule has 0 radical (unpaired) electrons. The predicted octanol–water partition coefficient (Wildman–Crippen LogP) is 2.54. The molecule has 2 heteroatoms. The lowest BCUT2D eigenvalue weighted by molar-refractivity contribution is 0.291. The zero-order chi connectivity index (χ0) is 11.3. The summed E-state index contributed by atoms with van der Waals surface area (Å²) in [6, 6.07) is 6.42. The molecule has 0 amide bonds. The Balaban J connectivity index is 2.89. The second kappa shape index (κ2) is 5.76. The smallest absolute Gasteiger partial charge is 0.125 e. The van der Waals surface area contributed by atoms with Crippen LogP contribution in [0.15, 0.2) is 18.2 Å². The third kappa shape index (κ3) is 3.24. The molecule has 1 unspecified atom stereocenters. The van der Waals surface area contributed by atoms with E-state index in [4.69, 9.17) is 10.5 Å². The van der Waals surface area contributed by atoms with Gasteiger partial charge in [-0.1, -0.05) is 32.0 Å². The SMILES string of the molecule is CCc1cccc(CC)c1OCC(C)N. The van der Waals surface area contributed by atoms with Gasteiger partial charge in [0.15, 0.2) is 0 Å². The normalized spacial score (nSPS) is 12.5. The van der Waals surface area contributed by atoms with Crippen LogP contribution in [0.2, 0.25) is 0 Å². The Hall–Kier alpha value is -1.02. The molecule has 0 saturated heterocycles. The molecule has 2 nitrogen and oxygen atoms in total. The van der Waals surface area contributed by atoms with Crippen molar-refractivity contribution >= 4 is 0 Å². The fourth-order valence-corrected chi connectivity index (χ4v) is 1.60. The van der Waals surface area contributed by atoms with Crippen LogP contribution < -0.4 is 10.5 Å². The molecule has 1 rings (SSSR count). The zero-order valence-corrected chi connectivity index (χ0v) is 9.92. The molecule has 84 valence electrons. The van der Waals surface area contributed by atoms with Gasteiger partial charge in [0.1, 0.15) is 12.4 Å². The molecule has 1 aromatic rings. The summed E-state index contributed by atoms with van der Waals surface area (Å²) in [5, 5.41) is 0. The van der Waals surface area contributed by atoms with Gasteiger partial charge in [-0.25, -0.2) is 0 Å². The van der Waals surface area contributed by atoms with E-state index < -0.39 is 0 Å². The number of ether oxygens (including phenoxy) is 1. The van der Waals surface area contributed by atoms with Crippen molar-refractivity contribution in [2.45, 2.75) is 39.7 Å². The maximum Gasteiger partial charge on any atom is 0.125 e. The number of hydrogen-bond acceptors (Lipinski definition) is 2. The minimum atomic E-state index is 0.0830. The molecule has 2 N–H and O–H groups in total. The van der Waals surface area contributed by atoms with Crippen LogP contribution in [0, 0.1) is 0 Å². The molecule has 0 bridgehead atoms. The zero-order valence-electron chi connectivity index (χ0n) is 9.92. The lowest BCUT2D eigenvalue weighted by Gasteiger charge is -2.15. The Kier molecular flexibility index (Phi) is 4.63. The summed E-state index contributed by atoms with van der Waals surface area (Å²) in [5.41, 5.74) is 8.24. The van der Waals surface area contributed by atoms with E-state index in [0.29, 0.717) is 6.61 Å². The van der Waals surface area contributed by atoms with Gasteiger partial charge in [0.25, 0.3) is 0 Å². The highest BCUT2D eigenvalue weighted by molar-refractivity contribution is 5.41. The van der Waals surface area contributed by atoms with Gasteiger partial charge in [-0.05, 0) is 30.9 Å². The Bertz CT molecular complexity index is 285. The number of hydrogen-bond donors (Lipinski definition) is 1. The first-order chi connectivity index (χ1) is 7.19. The number of rotatable bonds is 5. The van der Waals surface area contributed by atoms with Gasteiger partial charge in [-0.15, -0.1) is 0 Å². The van der Waals surface area contributed by atoms with Gasteiger partial charge < -0.3 is 10.5 Å². The van der Waals surface area contributed by atoms with E-state index in [1.165, 1.54) is 11.1 Å². The van der Waals surface area contributed by atoms with E-state index in [-0.39, 0.29) is 6.04 Å². The molecule has 0 heterocycles. The van der Waals surface area contributed by atoms with E-state index in [9.17, 15) is 0 Å². The van der Waals surface area contributed by atoms with Crippen LogP contribution in [0.3, 0.4) is 0 Å². The van der Waals surface area contributed by atoms with Crippen LogP contribution in [-0.2, 0) is 12.8 Å². The second-order valence-electron chi connectivity index (χ2n) is 3.90. The van der Waals surface area contributed by atoms with Crippen LogP contribution >= 0.6 is 0 Å². The molecule has 0 aromatic heterocycles. The van der Waals surface area contributed by atoms with E-state index in [1.807, 2.05) is 6.92 Å². The van der Waals surface area contributed by atoms with E-state index >= 15 is 0 Å². The van der Waals surface area contributed by atoms with Gasteiger partial charge in [-0.3, -0.25) is 0 Å². The summed E-state index contributed by atoms with van der Waals surface area (Å²) < 4.78 is 5.79. The molecule has 1 atom stereocenters. The van der Waals surface area contributed by atoms with Crippen LogP contribution in [0.1, 0.15) is 31.9 Å². The van der Waals surface area contributed by atoms with Crippen molar-refractivity contribution in [3.05, 3.63) is 29.3 Å². The number of para-hydroxylation sites is 1. The van der Waals surface area contributed by atoms with Gasteiger partial charge in [0, 0.05) is 6.04 Å². The molecule has 1 aromatic carbocycles. The van der Waals surface area contributed by atoms with Gasteiger partial charge in [0.05, 0.1) is 0 Å². The molecule has 0 aliphatic carbocycles. The first-order valence-electron chi connectivity index (χ1n) is 5.68. The van der Waals surface area contributed by atoms with Gasteiger partial charge in [-0.2, -0.15) is 0 Å². The lowest BCUT2D eigenvalue weighted by Crippen LogP contribution is -2.24. The fourth-order valence-electron chi connectivity index (χ4n) is 1.60. The van der Waals surface area contributed by atoms with Crippen LogP contribution in [0.25, 0.3) is 0 Å². The number of aryl methyl sites for hydroxylation is 2. The number of nitrogens with two attached hydrogens (primary N) is 1. The van der Waals surface area contributed by atoms with Gasteiger partial charge >= 0.3 is 0 Å². The first kappa shape index (κ1) is 12.1. The molecule has 0 aliphatic heterocycles. The molecule has 0 spiro atoms. The summed E-state index contributed by atoms with van der Waals surface area (Å²) >= 11 is 0. The van der Waals surface area contributed by atoms with Crippen molar-refractivity contribution in [2.75, 3.05) is 6.61 Å². The third-order valence-electron chi connectivity index (χ3n) is 2.43. The summed E-state index contributed by atoms with van der Waals surface area (Å²) in [4.78, 5) is 0. The highest BCUT2D eigenvalue weighted by Crippen LogP contribution is 2.25. The van der Waals surface area contributed by atoms with E-state index in [0.717, 1.165) is 18.6 Å². The Morgan fingerprint density at radius 1 is 1.20 bits per heavy atom. The summed E-state index contributed by atoms with van der Waals surface area (Å²) in [7, 11) is 0. The third-order valence-corrected chi connectivity index (χ3v) is 2.43. The summed E-state index contributed by atoms with van der Waals surface area (Å²) in [5.74, 6) is 1.04. The highest BCUT2D eigenvalue weighted by Gasteiger charge is 2.07. The second-order valence-corrected chi connectivity index (χ2v) is 3.90. The van der Waals surface area contributed by atoms with Crippen molar-refractivity contribution in [3.8, 4) is 5.75 Å². The maximum absolute atomic E-state index is 5.79. The van der Waals surface area contributed by atoms with Crippen LogP contribution in [-0.4, -0.2) is 12.6 Å². The number of benzene rings is 1. The topological polar surface area (TPSA) is 35.2 Å². The Morgan fingerprint density at radius 2 is 1.73 bits per heavy atom. The molecule has 0 aliphatic rings. The molecule has 15 heavy (non-hydrogen) atoms.